The molecule has 0 saturated carbocycles. The van der Waals surface area contributed by atoms with Crippen molar-refractivity contribution in [2.75, 3.05) is 13.2 Å². The van der Waals surface area contributed by atoms with Crippen molar-refractivity contribution < 1.29 is 32.2 Å². The Morgan fingerprint density at radius 2 is 1.74 bits per heavy atom. The van der Waals surface area contributed by atoms with Crippen LogP contribution in [0, 0.1) is 0 Å². The van der Waals surface area contributed by atoms with Crippen LogP contribution in [0.3, 0.4) is 0 Å². The number of hydrogen-bond acceptors (Lipinski definition) is 7. The maximum absolute atomic E-state index is 14.1. The molecule has 1 aromatic heterocycles. The number of esters is 2. The van der Waals surface area contributed by atoms with E-state index >= 15 is 0 Å². The molecule has 0 radical (unpaired) electrons. The minimum absolute atomic E-state index is 0.0815. The summed E-state index contributed by atoms with van der Waals surface area (Å²) in [7, 11) is 0. The molecule has 6 nitrogen and oxygen atoms in total. The number of carbonyl (C=O) groups is 2. The highest BCUT2D eigenvalue weighted by molar-refractivity contribution is 7.10. The summed E-state index contributed by atoms with van der Waals surface area (Å²) in [6.45, 7) is 7.17. The molecule has 10 heteroatoms. The van der Waals surface area contributed by atoms with Gasteiger partial charge >= 0.3 is 18.1 Å². The number of allylic oxidation sites excluding steroid dienone is 1. The van der Waals surface area contributed by atoms with E-state index in [4.69, 9.17) is 14.5 Å². The predicted molar refractivity (Wildman–Crippen MR) is 142 cm³/mol. The molecule has 3 unspecified atom stereocenters. The molecular weight excluding hydrogens is 529 g/mol. The molecule has 1 N–H and O–H groups in total. The molecule has 3 aromatic rings. The fourth-order valence-corrected chi connectivity index (χ4v) is 6.29. The van der Waals surface area contributed by atoms with Gasteiger partial charge in [-0.3, -0.25) is 4.79 Å². The van der Waals surface area contributed by atoms with Gasteiger partial charge in [0.2, 0.25) is 0 Å². The van der Waals surface area contributed by atoms with Gasteiger partial charge in [0.1, 0.15) is 5.01 Å². The lowest BCUT2D eigenvalue weighted by atomic mass is 9.62. The van der Waals surface area contributed by atoms with E-state index in [2.05, 4.69) is 5.32 Å². The number of halogens is 3. The molecule has 39 heavy (non-hydrogen) atoms. The maximum atomic E-state index is 14.1. The molecule has 0 saturated heterocycles. The van der Waals surface area contributed by atoms with Crippen LogP contribution in [-0.2, 0) is 30.7 Å². The van der Waals surface area contributed by atoms with Gasteiger partial charge < -0.3 is 14.8 Å². The van der Waals surface area contributed by atoms with Gasteiger partial charge in [-0.05, 0) is 45.4 Å². The molecule has 4 rings (SSSR count). The number of benzene rings is 2. The van der Waals surface area contributed by atoms with E-state index in [-0.39, 0.29) is 30.0 Å². The van der Waals surface area contributed by atoms with E-state index in [1.54, 1.807) is 26.2 Å². The second kappa shape index (κ2) is 11.2. The summed E-state index contributed by atoms with van der Waals surface area (Å²) < 4.78 is 51.3. The molecule has 0 aliphatic carbocycles. The molecule has 2 aromatic carbocycles. The van der Waals surface area contributed by atoms with Crippen LogP contribution in [0.1, 0.15) is 49.7 Å². The van der Waals surface area contributed by atoms with Gasteiger partial charge in [0.25, 0.3) is 0 Å². The zero-order valence-corrected chi connectivity index (χ0v) is 22.8. The first-order valence-corrected chi connectivity index (χ1v) is 13.4. The third kappa shape index (κ3) is 5.17. The molecule has 206 valence electrons. The normalized spacial score (nSPS) is 21.3. The molecule has 0 fully saturated rings. The second-order valence-electron chi connectivity index (χ2n) is 9.17. The van der Waals surface area contributed by atoms with Crippen LogP contribution in [0.25, 0.3) is 11.3 Å². The van der Waals surface area contributed by atoms with Gasteiger partial charge in [-0.1, -0.05) is 42.5 Å². The van der Waals surface area contributed by atoms with Crippen molar-refractivity contribution in [1.82, 2.24) is 10.3 Å². The Morgan fingerprint density at radius 3 is 2.38 bits per heavy atom. The summed E-state index contributed by atoms with van der Waals surface area (Å²) >= 11 is 1.14. The number of ether oxygens (including phenoxy) is 2. The predicted octanol–water partition coefficient (Wildman–Crippen LogP) is 6.24. The fraction of sp³-hybridized carbons (Fsp3) is 0.345. The number of thiazole rings is 1. The smallest absolute Gasteiger partial charge is 0.416 e. The minimum Gasteiger partial charge on any atom is -0.465 e. The highest BCUT2D eigenvalue weighted by Crippen LogP contribution is 2.52. The Labute approximate surface area is 228 Å². The van der Waals surface area contributed by atoms with Gasteiger partial charge in [0, 0.05) is 28.6 Å². The average molecular weight is 559 g/mol. The summed E-state index contributed by atoms with van der Waals surface area (Å²) in [5.41, 5.74) is -0.271. The van der Waals surface area contributed by atoms with Crippen molar-refractivity contribution in [3.8, 4) is 11.3 Å². The monoisotopic (exact) mass is 558 g/mol. The Balaban J connectivity index is 1.98. The van der Waals surface area contributed by atoms with Crippen LogP contribution in [0.15, 0.2) is 71.2 Å². The Kier molecular flexibility index (Phi) is 8.15. The zero-order valence-electron chi connectivity index (χ0n) is 22.0. The van der Waals surface area contributed by atoms with Crippen LogP contribution in [0.5, 0.6) is 0 Å². The van der Waals surface area contributed by atoms with Gasteiger partial charge in [0.05, 0.1) is 30.0 Å². The van der Waals surface area contributed by atoms with Crippen LogP contribution >= 0.6 is 11.3 Å². The Bertz CT molecular complexity index is 1390. The lowest BCUT2D eigenvalue weighted by molar-refractivity contribution is -0.153. The molecule has 1 aliphatic heterocycles. The number of carbonyl (C=O) groups excluding carboxylic acids is 2. The van der Waals surface area contributed by atoms with Gasteiger partial charge in [-0.25, -0.2) is 9.78 Å². The summed E-state index contributed by atoms with van der Waals surface area (Å²) in [6.07, 6.45) is -4.52. The first-order chi connectivity index (χ1) is 18.5. The van der Waals surface area contributed by atoms with E-state index in [1.165, 1.54) is 12.1 Å². The fourth-order valence-electron chi connectivity index (χ4n) is 5.16. The van der Waals surface area contributed by atoms with Crippen molar-refractivity contribution in [1.29, 1.82) is 0 Å². The van der Waals surface area contributed by atoms with Crippen molar-refractivity contribution in [2.45, 2.75) is 51.2 Å². The second-order valence-corrected chi connectivity index (χ2v) is 10.0. The number of aromatic nitrogens is 1. The number of nitrogens with zero attached hydrogens (tertiary/aromatic N) is 1. The van der Waals surface area contributed by atoms with Gasteiger partial charge in [-0.15, -0.1) is 11.3 Å². The van der Waals surface area contributed by atoms with Crippen LogP contribution < -0.4 is 5.32 Å². The highest BCUT2D eigenvalue weighted by Gasteiger charge is 2.60. The first-order valence-electron chi connectivity index (χ1n) is 12.6. The Hall–Kier alpha value is -3.66. The van der Waals surface area contributed by atoms with E-state index in [0.29, 0.717) is 16.3 Å². The molecule has 0 amide bonds. The first kappa shape index (κ1) is 28.4. The minimum atomic E-state index is -4.52. The third-order valence-corrected chi connectivity index (χ3v) is 7.84. The lowest BCUT2D eigenvalue weighted by Crippen LogP contribution is -2.60. The third-order valence-electron chi connectivity index (χ3n) is 6.85. The van der Waals surface area contributed by atoms with Crippen molar-refractivity contribution in [2.24, 2.45) is 0 Å². The molecular formula is C29H29F3N2O4S. The molecule has 3 atom stereocenters. The van der Waals surface area contributed by atoms with E-state index in [0.717, 1.165) is 23.5 Å². The number of hydrogen-bond donors (Lipinski definition) is 1. The topological polar surface area (TPSA) is 77.5 Å². The van der Waals surface area contributed by atoms with Gasteiger partial charge in [0.15, 0.2) is 5.41 Å². The van der Waals surface area contributed by atoms with Crippen LogP contribution in [0.2, 0.25) is 0 Å². The molecule has 2 heterocycles. The van der Waals surface area contributed by atoms with E-state index < -0.39 is 41.1 Å². The van der Waals surface area contributed by atoms with Crippen molar-refractivity contribution in [3.05, 3.63) is 87.4 Å². The number of nitrogens with one attached hydrogen (secondary N) is 1. The molecule has 0 spiro atoms. The zero-order chi connectivity index (χ0) is 28.4. The van der Waals surface area contributed by atoms with E-state index in [9.17, 15) is 22.8 Å². The molecule has 0 bridgehead atoms. The molecule has 1 aliphatic rings. The van der Waals surface area contributed by atoms with Crippen molar-refractivity contribution >= 4 is 23.3 Å². The number of rotatable bonds is 7. The SMILES string of the molecule is CCOC(=O)C1=C(C)NC(C)C(C(=O)OCC)(c2nc(-c3cccc(C(F)(F)F)c3)cs2)C1c1ccccc1. The average Bonchev–Trinajstić information content (AvgIpc) is 3.39. The number of alkyl halides is 3. The summed E-state index contributed by atoms with van der Waals surface area (Å²) in [5, 5.41) is 5.21. The van der Waals surface area contributed by atoms with Gasteiger partial charge in [-0.2, -0.15) is 13.2 Å². The van der Waals surface area contributed by atoms with Crippen molar-refractivity contribution in [3.63, 3.8) is 0 Å². The summed E-state index contributed by atoms with van der Waals surface area (Å²) in [4.78, 5) is 32.2. The maximum Gasteiger partial charge on any atom is 0.416 e. The summed E-state index contributed by atoms with van der Waals surface area (Å²) in [5.74, 6) is -2.02. The summed E-state index contributed by atoms with van der Waals surface area (Å²) in [6, 6.07) is 13.4. The van der Waals surface area contributed by atoms with Crippen LogP contribution in [0.4, 0.5) is 13.2 Å². The van der Waals surface area contributed by atoms with Crippen LogP contribution in [-0.4, -0.2) is 36.2 Å². The van der Waals surface area contributed by atoms with E-state index in [1.807, 2.05) is 37.3 Å². The lowest BCUT2D eigenvalue weighted by Gasteiger charge is -2.46. The quantitative estimate of drug-likeness (QED) is 0.346. The largest absolute Gasteiger partial charge is 0.465 e. The standard InChI is InChI=1S/C29H29F3N2O4S/c1-5-37-25(35)23-17(3)33-18(4)28(27(36)38-6-2,24(23)19-11-8-7-9-12-19)26-34-22(16-39-26)20-13-10-14-21(15-20)29(30,31)32/h7-16,18,24,33H,5-6H2,1-4H3. The highest BCUT2D eigenvalue weighted by atomic mass is 32.1. The Morgan fingerprint density at radius 1 is 1.05 bits per heavy atom.